The number of alkyl halides is 1. The van der Waals surface area contributed by atoms with Crippen LogP contribution in [0.25, 0.3) is 0 Å². The van der Waals surface area contributed by atoms with Crippen molar-refractivity contribution in [3.8, 4) is 0 Å². The summed E-state index contributed by atoms with van der Waals surface area (Å²) in [6.07, 6.45) is 4.12. The Kier molecular flexibility index (Phi) is 2.95. The van der Waals surface area contributed by atoms with Crippen molar-refractivity contribution in [1.29, 1.82) is 0 Å². The highest BCUT2D eigenvalue weighted by Gasteiger charge is 2.35. The molecular formula is C14H16BrNO. The Morgan fingerprint density at radius 1 is 1.29 bits per heavy atom. The summed E-state index contributed by atoms with van der Waals surface area (Å²) in [5, 5.41) is 0. The molecule has 0 spiro atoms. The zero-order chi connectivity index (χ0) is 11.8. The lowest BCUT2D eigenvalue weighted by Gasteiger charge is -2.33. The number of benzene rings is 1. The molecule has 1 aromatic carbocycles. The molecule has 1 saturated heterocycles. The van der Waals surface area contributed by atoms with E-state index in [1.54, 1.807) is 0 Å². The molecule has 2 aliphatic rings. The number of nitrogens with zero attached hydrogens (tertiary/aromatic N) is 1. The van der Waals surface area contributed by atoms with Crippen molar-refractivity contribution in [1.82, 2.24) is 4.90 Å². The van der Waals surface area contributed by atoms with Gasteiger partial charge in [0.25, 0.3) is 0 Å². The van der Waals surface area contributed by atoms with Gasteiger partial charge in [0.15, 0.2) is 0 Å². The van der Waals surface area contributed by atoms with Crippen molar-refractivity contribution in [3.63, 3.8) is 0 Å². The number of rotatable bonds is 1. The summed E-state index contributed by atoms with van der Waals surface area (Å²) in [7, 11) is 0. The Morgan fingerprint density at radius 2 is 2.12 bits per heavy atom. The van der Waals surface area contributed by atoms with Crippen molar-refractivity contribution in [2.24, 2.45) is 0 Å². The Balaban J connectivity index is 1.93. The summed E-state index contributed by atoms with van der Waals surface area (Å²) < 4.78 is 0. The van der Waals surface area contributed by atoms with Crippen LogP contribution >= 0.6 is 15.9 Å². The number of aryl methyl sites for hydroxylation is 1. The normalized spacial score (nSPS) is 28.3. The topological polar surface area (TPSA) is 20.3 Å². The summed E-state index contributed by atoms with van der Waals surface area (Å²) in [4.78, 5) is 14.4. The maximum Gasteiger partial charge on any atom is 0.224 e. The summed E-state index contributed by atoms with van der Waals surface area (Å²) in [6.45, 7) is 0.859. The maximum absolute atomic E-state index is 12.0. The Morgan fingerprint density at radius 3 is 2.88 bits per heavy atom. The van der Waals surface area contributed by atoms with Gasteiger partial charge in [-0.05, 0) is 30.4 Å². The molecule has 0 bridgehead atoms. The minimum Gasteiger partial charge on any atom is -0.334 e. The average Bonchev–Trinajstić information content (AvgIpc) is 2.68. The van der Waals surface area contributed by atoms with Crippen LogP contribution in [0.5, 0.6) is 0 Å². The highest BCUT2D eigenvalue weighted by Crippen LogP contribution is 2.37. The number of carbonyl (C=O) groups excluding carboxylic acids is 1. The van der Waals surface area contributed by atoms with Crippen molar-refractivity contribution >= 4 is 21.8 Å². The molecule has 3 heteroatoms. The van der Waals surface area contributed by atoms with E-state index in [0.717, 1.165) is 19.4 Å². The number of halogens is 1. The molecule has 1 fully saturated rings. The minimum atomic E-state index is 0.300. The third kappa shape index (κ3) is 2.01. The molecule has 17 heavy (non-hydrogen) atoms. The average molecular weight is 294 g/mol. The van der Waals surface area contributed by atoms with Crippen LogP contribution in [0.4, 0.5) is 0 Å². The van der Waals surface area contributed by atoms with Crippen LogP contribution in [0.15, 0.2) is 24.3 Å². The largest absolute Gasteiger partial charge is 0.334 e. The quantitative estimate of drug-likeness (QED) is 0.729. The maximum atomic E-state index is 12.0. The summed E-state index contributed by atoms with van der Waals surface area (Å²) >= 11 is 3.56. The standard InChI is InChI=1S/C14H16BrNO/c15-11-8-14(17)16(9-11)13-7-3-5-10-4-1-2-6-12(10)13/h1-2,4,6,11,13H,3,5,7-9H2. The van der Waals surface area contributed by atoms with E-state index in [-0.39, 0.29) is 0 Å². The molecule has 2 atom stereocenters. The fraction of sp³-hybridized carbons (Fsp3) is 0.500. The number of carbonyl (C=O) groups is 1. The molecule has 2 unspecified atom stereocenters. The zero-order valence-corrected chi connectivity index (χ0v) is 11.3. The van der Waals surface area contributed by atoms with Crippen LogP contribution in [0.1, 0.15) is 36.4 Å². The lowest BCUT2D eigenvalue weighted by atomic mass is 9.87. The first kappa shape index (κ1) is 11.3. The van der Waals surface area contributed by atoms with E-state index >= 15 is 0 Å². The molecular weight excluding hydrogens is 278 g/mol. The number of hydrogen-bond donors (Lipinski definition) is 0. The predicted octanol–water partition coefficient (Wildman–Crippen LogP) is 3.06. The molecule has 1 aromatic rings. The van der Waals surface area contributed by atoms with E-state index in [0.29, 0.717) is 23.2 Å². The van der Waals surface area contributed by atoms with Crippen molar-refractivity contribution < 1.29 is 4.79 Å². The second-order valence-electron chi connectivity index (χ2n) is 4.95. The van der Waals surface area contributed by atoms with Gasteiger partial charge in [0.05, 0.1) is 6.04 Å². The van der Waals surface area contributed by atoms with Crippen molar-refractivity contribution in [3.05, 3.63) is 35.4 Å². The fourth-order valence-corrected chi connectivity index (χ4v) is 3.63. The fourth-order valence-electron chi connectivity index (χ4n) is 3.04. The number of likely N-dealkylation sites (tertiary alicyclic amines) is 1. The van der Waals surface area contributed by atoms with Crippen LogP contribution in [0.2, 0.25) is 0 Å². The van der Waals surface area contributed by atoms with Crippen LogP contribution in [0.3, 0.4) is 0 Å². The predicted molar refractivity (Wildman–Crippen MR) is 71.2 cm³/mol. The van der Waals surface area contributed by atoms with E-state index in [4.69, 9.17) is 0 Å². The van der Waals surface area contributed by atoms with E-state index in [1.165, 1.54) is 17.5 Å². The van der Waals surface area contributed by atoms with E-state index in [2.05, 4.69) is 45.1 Å². The number of fused-ring (bicyclic) bond motifs is 1. The van der Waals surface area contributed by atoms with Gasteiger partial charge in [-0.25, -0.2) is 0 Å². The van der Waals surface area contributed by atoms with Crippen molar-refractivity contribution in [2.45, 2.75) is 36.6 Å². The molecule has 2 nitrogen and oxygen atoms in total. The molecule has 1 amide bonds. The van der Waals surface area contributed by atoms with Gasteiger partial charge in [-0.2, -0.15) is 0 Å². The van der Waals surface area contributed by atoms with E-state index < -0.39 is 0 Å². The summed E-state index contributed by atoms with van der Waals surface area (Å²) in [6, 6.07) is 8.89. The molecule has 1 aliphatic heterocycles. The van der Waals surface area contributed by atoms with Gasteiger partial charge < -0.3 is 4.90 Å². The first-order chi connectivity index (χ1) is 8.25. The molecule has 1 aliphatic carbocycles. The van der Waals surface area contributed by atoms with Gasteiger partial charge in [0, 0.05) is 17.8 Å². The molecule has 0 aromatic heterocycles. The van der Waals surface area contributed by atoms with Gasteiger partial charge in [0.2, 0.25) is 5.91 Å². The van der Waals surface area contributed by atoms with Crippen molar-refractivity contribution in [2.75, 3.05) is 6.54 Å². The minimum absolute atomic E-state index is 0.300. The van der Waals surface area contributed by atoms with E-state index in [9.17, 15) is 4.79 Å². The summed E-state index contributed by atoms with van der Waals surface area (Å²) in [5.41, 5.74) is 2.79. The van der Waals surface area contributed by atoms with Gasteiger partial charge in [-0.15, -0.1) is 0 Å². The second kappa shape index (κ2) is 4.45. The molecule has 90 valence electrons. The van der Waals surface area contributed by atoms with Crippen LogP contribution < -0.4 is 0 Å². The van der Waals surface area contributed by atoms with Gasteiger partial charge >= 0.3 is 0 Å². The van der Waals surface area contributed by atoms with Gasteiger partial charge in [-0.3, -0.25) is 4.79 Å². The lowest BCUT2D eigenvalue weighted by Crippen LogP contribution is -2.32. The van der Waals surface area contributed by atoms with Crippen LogP contribution in [-0.4, -0.2) is 22.2 Å². The molecule has 0 N–H and O–H groups in total. The second-order valence-corrected chi connectivity index (χ2v) is 6.25. The number of hydrogen-bond acceptors (Lipinski definition) is 1. The smallest absolute Gasteiger partial charge is 0.224 e. The van der Waals surface area contributed by atoms with Gasteiger partial charge in [0.1, 0.15) is 0 Å². The van der Waals surface area contributed by atoms with Crippen LogP contribution in [0, 0.1) is 0 Å². The molecule has 1 heterocycles. The third-order valence-corrected chi connectivity index (χ3v) is 4.44. The monoisotopic (exact) mass is 293 g/mol. The molecule has 0 radical (unpaired) electrons. The Hall–Kier alpha value is -0.830. The molecule has 3 rings (SSSR count). The first-order valence-corrected chi connectivity index (χ1v) is 7.18. The Labute approximate surface area is 110 Å². The third-order valence-electron chi connectivity index (χ3n) is 3.83. The Bertz CT molecular complexity index is 446. The van der Waals surface area contributed by atoms with Gasteiger partial charge in [-0.1, -0.05) is 40.2 Å². The zero-order valence-electron chi connectivity index (χ0n) is 9.73. The lowest BCUT2D eigenvalue weighted by molar-refractivity contribution is -0.130. The first-order valence-electron chi connectivity index (χ1n) is 6.27. The number of amides is 1. The summed E-state index contributed by atoms with van der Waals surface area (Å²) in [5.74, 6) is 0.300. The highest BCUT2D eigenvalue weighted by molar-refractivity contribution is 9.09. The molecule has 0 saturated carbocycles. The van der Waals surface area contributed by atoms with Crippen LogP contribution in [-0.2, 0) is 11.2 Å². The highest BCUT2D eigenvalue weighted by atomic mass is 79.9. The van der Waals surface area contributed by atoms with E-state index in [1.807, 2.05) is 0 Å². The SMILES string of the molecule is O=C1CC(Br)CN1C1CCCc2ccccc21.